The molecule has 0 aliphatic carbocycles. The Morgan fingerprint density at radius 2 is 2.21 bits per heavy atom. The number of hydrogen-bond acceptors (Lipinski definition) is 9. The van der Waals surface area contributed by atoms with E-state index in [4.69, 9.17) is 14.5 Å². The number of aliphatic hydroxyl groups excluding tert-OH is 2. The largest absolute Gasteiger partial charge is 0.469 e. The van der Waals surface area contributed by atoms with Gasteiger partial charge in [-0.2, -0.15) is 4.98 Å². The van der Waals surface area contributed by atoms with Crippen LogP contribution in [0.5, 0.6) is 0 Å². The van der Waals surface area contributed by atoms with Gasteiger partial charge in [0.2, 0.25) is 5.95 Å². The predicted molar refractivity (Wildman–Crippen MR) is 112 cm³/mol. The van der Waals surface area contributed by atoms with Gasteiger partial charge in [0, 0.05) is 30.4 Å². The molecule has 5 heterocycles. The molecule has 1 saturated heterocycles. The van der Waals surface area contributed by atoms with Crippen LogP contribution >= 0.6 is 7.82 Å². The van der Waals surface area contributed by atoms with Crippen molar-refractivity contribution in [1.29, 1.82) is 0 Å². The average Bonchev–Trinajstić information content (AvgIpc) is 3.50. The van der Waals surface area contributed by atoms with E-state index in [0.29, 0.717) is 0 Å². The van der Waals surface area contributed by atoms with Crippen molar-refractivity contribution in [1.82, 2.24) is 24.1 Å². The van der Waals surface area contributed by atoms with Crippen molar-refractivity contribution in [3.63, 3.8) is 0 Å². The van der Waals surface area contributed by atoms with E-state index in [9.17, 15) is 19.6 Å². The van der Waals surface area contributed by atoms with Gasteiger partial charge in [-0.25, -0.2) is 9.55 Å². The van der Waals surface area contributed by atoms with Crippen LogP contribution in [0.3, 0.4) is 0 Å². The quantitative estimate of drug-likeness (QED) is 0.242. The number of hydrogen-bond donors (Lipinski definition) is 6. The fourth-order valence-corrected chi connectivity index (χ4v) is 4.75. The van der Waals surface area contributed by atoms with Gasteiger partial charge in [-0.3, -0.25) is 18.9 Å². The smallest absolute Gasteiger partial charge is 0.392 e. The molecule has 0 radical (unpaired) electrons. The summed E-state index contributed by atoms with van der Waals surface area (Å²) >= 11 is 0. The Kier molecular flexibility index (Phi) is 5.61. The second-order valence-electron chi connectivity index (χ2n) is 8.02. The number of ether oxygens (including phenoxy) is 1. The molecule has 5 rings (SSSR count). The van der Waals surface area contributed by atoms with Crippen LogP contribution in [0.2, 0.25) is 0 Å². The maximum Gasteiger partial charge on any atom is 0.469 e. The molecule has 2 aliphatic heterocycles. The number of aryl methyl sites for hydroxylation is 1. The highest BCUT2D eigenvalue weighted by Gasteiger charge is 2.37. The van der Waals surface area contributed by atoms with Crippen molar-refractivity contribution in [3.05, 3.63) is 40.2 Å². The summed E-state index contributed by atoms with van der Waals surface area (Å²) in [6.45, 7) is 0.178. The number of anilines is 1. The lowest BCUT2D eigenvalue weighted by Crippen LogP contribution is -2.25. The lowest BCUT2D eigenvalue weighted by atomic mass is 10.1. The molecule has 33 heavy (non-hydrogen) atoms. The first kappa shape index (κ1) is 22.2. The molecule has 6 N–H and O–H groups in total. The van der Waals surface area contributed by atoms with E-state index in [-0.39, 0.29) is 36.2 Å². The number of H-pyrrole nitrogens is 1. The zero-order chi connectivity index (χ0) is 23.3. The first-order valence-corrected chi connectivity index (χ1v) is 11.8. The molecule has 4 atom stereocenters. The molecule has 0 bridgehead atoms. The van der Waals surface area contributed by atoms with Crippen LogP contribution in [-0.2, 0) is 27.0 Å². The summed E-state index contributed by atoms with van der Waals surface area (Å²) < 4.78 is 24.6. The molecule has 1 fully saturated rings. The highest BCUT2D eigenvalue weighted by atomic mass is 31.2. The molecule has 0 aromatic carbocycles. The summed E-state index contributed by atoms with van der Waals surface area (Å²) in [7, 11) is -4.71. The fraction of sp³-hybridized carbons (Fsp3) is 0.500. The molecule has 3 aromatic rings. The first-order chi connectivity index (χ1) is 15.7. The second kappa shape index (κ2) is 8.33. The summed E-state index contributed by atoms with van der Waals surface area (Å²) in [4.78, 5) is 41.6. The molecule has 4 unspecified atom stereocenters. The standard InChI is InChI=1S/C18H23N6O8P/c25-6-9-1-3-23-4-2-10(15(9)23)20-18-21-16-14(17(27)22-18)19-8-24(16)13-5-11(26)12(32-13)7-31-33(28,29)30/h1,3,8,10-13,25-26H,2,4-7H2,(H2,28,29,30)(H2,20,21,22,27). The summed E-state index contributed by atoms with van der Waals surface area (Å²) in [6, 6.07) is 1.70. The van der Waals surface area contributed by atoms with Crippen molar-refractivity contribution in [2.75, 3.05) is 11.9 Å². The lowest BCUT2D eigenvalue weighted by molar-refractivity contribution is -0.0424. The van der Waals surface area contributed by atoms with Gasteiger partial charge in [-0.05, 0) is 12.5 Å². The van der Waals surface area contributed by atoms with E-state index in [1.54, 1.807) is 0 Å². The van der Waals surface area contributed by atoms with Crippen molar-refractivity contribution >= 4 is 24.9 Å². The van der Waals surface area contributed by atoms with Gasteiger partial charge in [0.25, 0.3) is 5.56 Å². The minimum absolute atomic E-state index is 0.0828. The molecule has 2 aliphatic rings. The number of fused-ring (bicyclic) bond motifs is 2. The Labute approximate surface area is 186 Å². The SMILES string of the molecule is O=c1[nH]c(NC2CCn3ccc(CO)c32)nc2c1ncn2C1CC(O)C(COP(=O)(O)O)O1. The highest BCUT2D eigenvalue weighted by molar-refractivity contribution is 7.46. The van der Waals surface area contributed by atoms with Gasteiger partial charge in [0.1, 0.15) is 12.3 Å². The molecule has 178 valence electrons. The minimum atomic E-state index is -4.71. The Bertz CT molecular complexity index is 1280. The predicted octanol–water partition coefficient (Wildman–Crippen LogP) is -0.272. The van der Waals surface area contributed by atoms with E-state index in [2.05, 4.69) is 24.8 Å². The van der Waals surface area contributed by atoms with E-state index >= 15 is 0 Å². The maximum absolute atomic E-state index is 12.6. The van der Waals surface area contributed by atoms with E-state index < -0.39 is 38.4 Å². The van der Waals surface area contributed by atoms with Gasteiger partial charge < -0.3 is 34.6 Å². The Morgan fingerprint density at radius 1 is 1.39 bits per heavy atom. The first-order valence-electron chi connectivity index (χ1n) is 10.3. The van der Waals surface area contributed by atoms with Crippen LogP contribution in [0.4, 0.5) is 5.95 Å². The number of imidazole rings is 1. The lowest BCUT2D eigenvalue weighted by Gasteiger charge is -2.17. The van der Waals surface area contributed by atoms with E-state index in [1.165, 1.54) is 10.9 Å². The van der Waals surface area contributed by atoms with Crippen LogP contribution in [0.25, 0.3) is 11.2 Å². The monoisotopic (exact) mass is 482 g/mol. The summed E-state index contributed by atoms with van der Waals surface area (Å²) in [5.74, 6) is 0.220. The Morgan fingerprint density at radius 3 is 2.97 bits per heavy atom. The van der Waals surface area contributed by atoms with Gasteiger partial charge in [0.05, 0.1) is 31.7 Å². The molecular formula is C18H23N6O8P. The summed E-state index contributed by atoms with van der Waals surface area (Å²) in [5, 5.41) is 23.1. The minimum Gasteiger partial charge on any atom is -0.392 e. The third-order valence-corrected chi connectivity index (χ3v) is 6.40. The number of phosphoric ester groups is 1. The number of aliphatic hydroxyl groups is 2. The van der Waals surface area contributed by atoms with Crippen LogP contribution in [0.1, 0.15) is 36.4 Å². The maximum atomic E-state index is 12.6. The van der Waals surface area contributed by atoms with Gasteiger partial charge in [-0.15, -0.1) is 0 Å². The molecule has 0 spiro atoms. The number of rotatable bonds is 7. The number of nitrogens with zero attached hydrogens (tertiary/aromatic N) is 4. The Balaban J connectivity index is 1.40. The molecule has 3 aromatic heterocycles. The van der Waals surface area contributed by atoms with Crippen molar-refractivity contribution < 1.29 is 33.8 Å². The van der Waals surface area contributed by atoms with Crippen molar-refractivity contribution in [3.8, 4) is 0 Å². The third kappa shape index (κ3) is 4.22. The molecule has 0 amide bonds. The van der Waals surface area contributed by atoms with E-state index in [1.807, 2.05) is 16.8 Å². The fourth-order valence-electron chi connectivity index (χ4n) is 4.40. The van der Waals surface area contributed by atoms with Crippen LogP contribution < -0.4 is 10.9 Å². The molecular weight excluding hydrogens is 459 g/mol. The van der Waals surface area contributed by atoms with Gasteiger partial charge in [0.15, 0.2) is 11.2 Å². The molecule has 0 saturated carbocycles. The van der Waals surface area contributed by atoms with Crippen molar-refractivity contribution in [2.45, 2.75) is 50.5 Å². The van der Waals surface area contributed by atoms with Gasteiger partial charge >= 0.3 is 7.82 Å². The summed E-state index contributed by atoms with van der Waals surface area (Å²) in [6.07, 6.45) is 1.35. The van der Waals surface area contributed by atoms with Crippen LogP contribution in [-0.4, -0.2) is 62.9 Å². The highest BCUT2D eigenvalue weighted by Crippen LogP contribution is 2.38. The number of nitrogens with one attached hydrogen (secondary N) is 2. The van der Waals surface area contributed by atoms with E-state index in [0.717, 1.165) is 24.2 Å². The number of phosphoric acid groups is 1. The van der Waals surface area contributed by atoms with Crippen molar-refractivity contribution in [2.24, 2.45) is 0 Å². The average molecular weight is 482 g/mol. The topological polar surface area (TPSA) is 197 Å². The zero-order valence-corrected chi connectivity index (χ0v) is 18.1. The summed E-state index contributed by atoms with van der Waals surface area (Å²) in [5.41, 5.74) is 1.58. The number of aromatic amines is 1. The Hall–Kier alpha value is -2.58. The van der Waals surface area contributed by atoms with Gasteiger partial charge in [-0.1, -0.05) is 0 Å². The number of aromatic nitrogens is 5. The zero-order valence-electron chi connectivity index (χ0n) is 17.2. The third-order valence-electron chi connectivity index (χ3n) is 5.92. The molecule has 15 heteroatoms. The van der Waals surface area contributed by atoms with Crippen LogP contribution in [0.15, 0.2) is 23.4 Å². The second-order valence-corrected chi connectivity index (χ2v) is 9.26. The normalized spacial score (nSPS) is 25.1. The van der Waals surface area contributed by atoms with Crippen LogP contribution in [0, 0.1) is 0 Å². The molecule has 14 nitrogen and oxygen atoms in total.